The SMILES string of the molecule is COC(=O)Cn1c(-c2ccc(OCc3cc(N4CCCC4=O)ccc3N3CCN(S(C)(=O)=O)CC3)cc2)c(C2CCCCC2)c2ccc(C(=O)OC)cc21.CS(=O)(=O)N1CCN(c2ccc(N3CCCC3=O)cc2COc2ccc(-c3c(C4CCCCC4)c4ccc(C(=O)O)cc4n3CC(=O)O)cc2)CC1.[Na+].[OH-]. The van der Waals surface area contributed by atoms with Gasteiger partial charge in [0.1, 0.15) is 37.8 Å². The van der Waals surface area contributed by atoms with Gasteiger partial charge in [0, 0.05) is 123 Å². The zero-order chi connectivity index (χ0) is 74.6. The van der Waals surface area contributed by atoms with Gasteiger partial charge in [-0.25, -0.2) is 26.4 Å². The van der Waals surface area contributed by atoms with Gasteiger partial charge in [-0.1, -0.05) is 50.7 Å². The number of hydrogen-bond donors (Lipinski definition) is 2. The van der Waals surface area contributed by atoms with Crippen LogP contribution in [0.25, 0.3) is 44.3 Å². The van der Waals surface area contributed by atoms with E-state index in [-0.39, 0.29) is 84.6 Å². The monoisotopic (exact) mass is 1520 g/mol. The van der Waals surface area contributed by atoms with E-state index in [2.05, 4.69) is 9.80 Å². The molecule has 0 unspecified atom stereocenters. The minimum absolute atomic E-state index is 0. The maximum Gasteiger partial charge on any atom is 1.00 e. The molecule has 108 heavy (non-hydrogen) atoms. The van der Waals surface area contributed by atoms with Gasteiger partial charge in [0.25, 0.3) is 0 Å². The Labute approximate surface area is 651 Å². The summed E-state index contributed by atoms with van der Waals surface area (Å²) in [4.78, 5) is 82.8. The Bertz CT molecular complexity index is 4880. The van der Waals surface area contributed by atoms with Crippen molar-refractivity contribution in [3.05, 3.63) is 155 Å². The fourth-order valence-electron chi connectivity index (χ4n) is 16.5. The van der Waals surface area contributed by atoms with Crippen LogP contribution in [0.5, 0.6) is 11.5 Å². The molecule has 2 aromatic heterocycles. The van der Waals surface area contributed by atoms with Gasteiger partial charge >= 0.3 is 53.4 Å². The molecule has 8 aromatic rings. The smallest absolute Gasteiger partial charge is 0.870 e. The van der Waals surface area contributed by atoms with E-state index >= 15 is 0 Å². The minimum Gasteiger partial charge on any atom is -0.870 e. The first-order valence-corrected chi connectivity index (χ1v) is 40.4. The summed E-state index contributed by atoms with van der Waals surface area (Å²) in [5.74, 6) is -0.952. The number of hydrogen-bond acceptors (Lipinski definition) is 17. The average Bonchev–Trinajstić information content (AvgIpc) is 1.59. The Morgan fingerprint density at radius 3 is 1.25 bits per heavy atom. The number of piperazine rings is 2. The summed E-state index contributed by atoms with van der Waals surface area (Å²) in [6, 6.07) is 37.9. The van der Waals surface area contributed by atoms with Crippen LogP contribution >= 0.6 is 0 Å². The Balaban J connectivity index is 0.000000211. The number of carboxylic acid groups (broad SMARTS) is 2. The summed E-state index contributed by atoms with van der Waals surface area (Å²) in [5, 5.41) is 21.6. The number of carbonyl (C=O) groups is 6. The van der Waals surface area contributed by atoms with Gasteiger partial charge in [0.15, 0.2) is 0 Å². The maximum atomic E-state index is 12.9. The van der Waals surface area contributed by atoms with Crippen LogP contribution in [0, 0.1) is 0 Å². The largest absolute Gasteiger partial charge is 1.00 e. The number of benzene rings is 6. The first-order chi connectivity index (χ1) is 51.0. The Morgan fingerprint density at radius 2 is 0.880 bits per heavy atom. The van der Waals surface area contributed by atoms with Gasteiger partial charge in [0.05, 0.1) is 60.3 Å². The van der Waals surface area contributed by atoms with Gasteiger partial charge in [-0.05, 0) is 182 Å². The minimum atomic E-state index is -3.28. The van der Waals surface area contributed by atoms with Crippen molar-refractivity contribution in [3.63, 3.8) is 0 Å². The molecule has 14 rings (SSSR count). The van der Waals surface area contributed by atoms with Crippen molar-refractivity contribution >= 4 is 100 Å². The second-order valence-electron chi connectivity index (χ2n) is 28.4. The van der Waals surface area contributed by atoms with Crippen molar-refractivity contribution in [3.8, 4) is 34.0 Å². The normalized spacial score (nSPS) is 17.1. The van der Waals surface area contributed by atoms with Crippen molar-refractivity contribution in [1.29, 1.82) is 0 Å². The van der Waals surface area contributed by atoms with E-state index in [1.54, 1.807) is 33.7 Å². The zero-order valence-corrected chi connectivity index (χ0v) is 65.6. The van der Waals surface area contributed by atoms with Crippen LogP contribution < -0.4 is 58.6 Å². The second-order valence-corrected chi connectivity index (χ2v) is 32.4. The van der Waals surface area contributed by atoms with Crippen LogP contribution in [0.4, 0.5) is 22.7 Å². The topological polar surface area (TPSA) is 307 Å². The molecule has 28 heteroatoms. The van der Waals surface area contributed by atoms with Crippen LogP contribution in [0.15, 0.2) is 121 Å². The van der Waals surface area contributed by atoms with Crippen LogP contribution in [0.1, 0.15) is 145 Å². The Morgan fingerprint density at radius 1 is 0.472 bits per heavy atom. The van der Waals surface area contributed by atoms with E-state index in [1.165, 1.54) is 47.3 Å². The number of aromatic nitrogens is 2. The molecule has 2 saturated carbocycles. The van der Waals surface area contributed by atoms with Crippen LogP contribution in [0.2, 0.25) is 0 Å². The van der Waals surface area contributed by atoms with Crippen molar-refractivity contribution in [2.75, 3.05) is 112 Å². The van der Waals surface area contributed by atoms with E-state index in [0.717, 1.165) is 149 Å². The molecule has 6 heterocycles. The third-order valence-corrected chi connectivity index (χ3v) is 24.4. The second kappa shape index (κ2) is 34.8. The van der Waals surface area contributed by atoms with Crippen LogP contribution in [-0.2, 0) is 75.0 Å². The van der Waals surface area contributed by atoms with Crippen molar-refractivity contribution in [2.24, 2.45) is 0 Å². The summed E-state index contributed by atoms with van der Waals surface area (Å²) < 4.78 is 78.3. The molecule has 4 saturated heterocycles. The Kier molecular flexibility index (Phi) is 25.9. The summed E-state index contributed by atoms with van der Waals surface area (Å²) in [7, 11) is -3.82. The number of fused-ring (bicyclic) bond motifs is 2. The predicted molar refractivity (Wildman–Crippen MR) is 408 cm³/mol. The molecule has 2 amide bonds. The van der Waals surface area contributed by atoms with Gasteiger partial charge in [-0.2, -0.15) is 8.61 Å². The molecule has 3 N–H and O–H groups in total. The molecule has 0 bridgehead atoms. The molecule has 0 spiro atoms. The fraction of sp³-hybridized carbons (Fsp3) is 0.425. The van der Waals surface area contributed by atoms with Gasteiger partial charge in [0.2, 0.25) is 31.9 Å². The molecule has 6 fully saturated rings. The maximum absolute atomic E-state index is 12.9. The molecule has 2 aliphatic carbocycles. The number of methoxy groups -OCH3 is 2. The zero-order valence-electron chi connectivity index (χ0n) is 62.0. The third kappa shape index (κ3) is 17.7. The predicted octanol–water partition coefficient (Wildman–Crippen LogP) is 8.86. The third-order valence-electron chi connectivity index (χ3n) is 21.7. The number of sulfonamides is 2. The molecule has 6 aromatic carbocycles. The number of esters is 2. The summed E-state index contributed by atoms with van der Waals surface area (Å²) in [5.41, 5.74) is 12.9. The molecule has 568 valence electrons. The number of aliphatic carboxylic acids is 1. The fourth-order valence-corrected chi connectivity index (χ4v) is 18.1. The van der Waals surface area contributed by atoms with E-state index in [9.17, 15) is 55.8 Å². The van der Waals surface area contributed by atoms with Crippen LogP contribution in [0.3, 0.4) is 0 Å². The molecule has 0 atom stereocenters. The van der Waals surface area contributed by atoms with Crippen molar-refractivity contribution in [1.82, 2.24) is 17.7 Å². The standard InChI is InChI=1S/C41H48N4O8S.C39H44N4O8S.Na.H2O/c1-51-38(47)26-45-36-25-30(41(48)52-2)13-17-34(36)39(28-8-5-4-6-9-28)40(45)29-11-15-33(16-12-29)53-27-31-24-32(44-19-7-10-37(44)46)14-18-35(31)42-20-22-43(23-21-42)54(3,49)50;1-52(49,50)41-20-18-40(19-21-41)33-16-12-30(42-17-5-8-35(42)44)22-29(33)25-51-31-13-9-27(10-14-31)38-37(26-6-3-2-4-7-26)32-15-11-28(39(47)48)23-34(32)43(38)24-36(45)46;;/h11-18,24-25,28H,4-10,19-23,26-27H2,1-3H3;9-16,22-23,26H,2-8,17-21,24-25H2,1H3,(H,45,46)(H,47,48);;1H2/q;;+1;/p-1. The van der Waals surface area contributed by atoms with Crippen molar-refractivity contribution < 1.29 is 110 Å². The number of rotatable bonds is 22. The van der Waals surface area contributed by atoms with E-state index in [4.69, 9.17) is 18.9 Å². The number of amides is 2. The molecule has 0 radical (unpaired) electrons. The molecule has 6 aliphatic rings. The quantitative estimate of drug-likeness (QED) is 0.0472. The first-order valence-electron chi connectivity index (χ1n) is 36.7. The molecular formula is C80H93N8NaO17S2. The van der Waals surface area contributed by atoms with E-state index in [1.807, 2.05) is 107 Å². The first kappa shape index (κ1) is 80.2. The number of carbonyl (C=O) groups excluding carboxylic acids is 4. The van der Waals surface area contributed by atoms with Crippen molar-refractivity contribution in [2.45, 2.75) is 128 Å². The van der Waals surface area contributed by atoms with Gasteiger partial charge < -0.3 is 63.4 Å². The number of ether oxygens (including phenoxy) is 4. The number of carboxylic acids is 2. The summed E-state index contributed by atoms with van der Waals surface area (Å²) in [6.45, 7) is 5.14. The molecule has 25 nitrogen and oxygen atoms in total. The molecule has 4 aliphatic heterocycles. The summed E-state index contributed by atoms with van der Waals surface area (Å²) >= 11 is 0. The molecular weight excluding hydrogens is 1430 g/mol. The van der Waals surface area contributed by atoms with E-state index < -0.39 is 43.9 Å². The van der Waals surface area contributed by atoms with E-state index in [0.29, 0.717) is 107 Å². The Hall–Kier alpha value is -8.80. The number of nitrogens with zero attached hydrogens (tertiary/aromatic N) is 8. The number of anilines is 4. The number of aromatic carboxylic acids is 1. The summed E-state index contributed by atoms with van der Waals surface area (Å²) in [6.07, 6.45) is 16.0. The van der Waals surface area contributed by atoms with Gasteiger partial charge in [-0.3, -0.25) is 19.2 Å². The average molecular weight is 1530 g/mol. The van der Waals surface area contributed by atoms with Crippen LogP contribution in [-0.4, -0.2) is 178 Å². The van der Waals surface area contributed by atoms with Gasteiger partial charge in [-0.15, -0.1) is 0 Å².